The summed E-state index contributed by atoms with van der Waals surface area (Å²) in [7, 11) is 3.33. The normalized spacial score (nSPS) is 17.0. The van der Waals surface area contributed by atoms with Gasteiger partial charge in [0.05, 0.1) is 31.0 Å². The molecule has 4 heterocycles. The fourth-order valence-electron chi connectivity index (χ4n) is 5.20. The van der Waals surface area contributed by atoms with E-state index in [4.69, 9.17) is 14.5 Å². The molecule has 0 spiro atoms. The lowest BCUT2D eigenvalue weighted by atomic mass is 9.97. The van der Waals surface area contributed by atoms with Crippen molar-refractivity contribution in [2.45, 2.75) is 32.9 Å². The first-order chi connectivity index (χ1) is 22.3. The van der Waals surface area contributed by atoms with Crippen molar-refractivity contribution in [2.24, 2.45) is 12.5 Å². The summed E-state index contributed by atoms with van der Waals surface area (Å²) in [6.45, 7) is 5.42. The van der Waals surface area contributed by atoms with Gasteiger partial charge in [-0.15, -0.1) is 0 Å². The van der Waals surface area contributed by atoms with Crippen LogP contribution in [0.5, 0.6) is 11.5 Å². The van der Waals surface area contributed by atoms with Crippen LogP contribution in [0.1, 0.15) is 42.3 Å². The summed E-state index contributed by atoms with van der Waals surface area (Å²) in [5, 5.41) is 9.10. The highest BCUT2D eigenvalue weighted by molar-refractivity contribution is 6.10. The number of imide groups is 1. The first-order valence-corrected chi connectivity index (χ1v) is 14.8. The molecule has 2 aromatic carbocycles. The maximum Gasteiger partial charge on any atom is 0.323 e. The quantitative estimate of drug-likeness (QED) is 0.186. The second-order valence-electron chi connectivity index (χ2n) is 12.4. The summed E-state index contributed by atoms with van der Waals surface area (Å²) in [5.41, 5.74) is 1.97. The molecule has 6 rings (SSSR count). The highest BCUT2D eigenvalue weighted by Crippen LogP contribution is 2.33. The van der Waals surface area contributed by atoms with Gasteiger partial charge >= 0.3 is 12.0 Å². The summed E-state index contributed by atoms with van der Waals surface area (Å²) in [5.74, 6) is 5.43. The van der Waals surface area contributed by atoms with E-state index in [0.29, 0.717) is 39.6 Å². The second kappa shape index (κ2) is 11.8. The molecule has 0 aliphatic carbocycles. The van der Waals surface area contributed by atoms with Gasteiger partial charge in [0.2, 0.25) is 5.54 Å². The number of benzene rings is 2. The third-order valence-corrected chi connectivity index (χ3v) is 7.82. The van der Waals surface area contributed by atoms with Crippen molar-refractivity contribution in [3.8, 4) is 45.9 Å². The number of methoxy groups -OCH3 is 1. The van der Waals surface area contributed by atoms with Crippen LogP contribution in [0.25, 0.3) is 22.5 Å². The van der Waals surface area contributed by atoms with Crippen LogP contribution in [0.3, 0.4) is 0 Å². The molecule has 0 radical (unpaired) electrons. The molecule has 2 aliphatic heterocycles. The summed E-state index contributed by atoms with van der Waals surface area (Å²) < 4.78 is 12.7. The number of ether oxygens (including phenoxy) is 2. The minimum Gasteiger partial charge on any atom is -0.497 e. The first kappa shape index (κ1) is 31.0. The van der Waals surface area contributed by atoms with Crippen LogP contribution in [-0.4, -0.2) is 62.7 Å². The van der Waals surface area contributed by atoms with Crippen LogP contribution in [0.15, 0.2) is 67.0 Å². The summed E-state index contributed by atoms with van der Waals surface area (Å²) in [6.07, 6.45) is 3.54. The molecule has 2 aliphatic rings. The van der Waals surface area contributed by atoms with Gasteiger partial charge in [-0.2, -0.15) is 5.10 Å². The number of esters is 1. The molecule has 1 atom stereocenters. The molecule has 1 fully saturated rings. The predicted molar refractivity (Wildman–Crippen MR) is 171 cm³/mol. The van der Waals surface area contributed by atoms with Gasteiger partial charge in [-0.25, -0.2) is 9.78 Å². The molecule has 0 saturated carbocycles. The Morgan fingerprint density at radius 1 is 1.04 bits per heavy atom. The molecule has 4 amide bonds. The van der Waals surface area contributed by atoms with Gasteiger partial charge in [-0.3, -0.25) is 24.4 Å². The second-order valence-corrected chi connectivity index (χ2v) is 12.4. The third-order valence-electron chi connectivity index (χ3n) is 7.82. The molecule has 1 saturated heterocycles. The van der Waals surface area contributed by atoms with E-state index in [9.17, 15) is 19.2 Å². The Hall–Kier alpha value is -5.96. The number of aryl methyl sites for hydroxylation is 1. The molecule has 4 aromatic rings. The number of carbonyl (C=O) groups is 4. The molecule has 2 aromatic heterocycles. The monoisotopic (exact) mass is 632 g/mol. The third kappa shape index (κ3) is 6.15. The lowest BCUT2D eigenvalue weighted by Gasteiger charge is -2.26. The van der Waals surface area contributed by atoms with E-state index in [-0.39, 0.29) is 19.0 Å². The zero-order valence-corrected chi connectivity index (χ0v) is 26.5. The smallest absolute Gasteiger partial charge is 0.323 e. The number of nitrogens with zero attached hydrogens (tertiary/aromatic N) is 4. The molecule has 12 nitrogen and oxygen atoms in total. The lowest BCUT2D eigenvalue weighted by Crippen LogP contribution is -2.54. The van der Waals surface area contributed by atoms with E-state index in [2.05, 4.69) is 27.6 Å². The van der Waals surface area contributed by atoms with Gasteiger partial charge in [0.1, 0.15) is 11.4 Å². The van der Waals surface area contributed by atoms with Crippen molar-refractivity contribution >= 4 is 23.8 Å². The Bertz CT molecular complexity index is 2000. The first-order valence-electron chi connectivity index (χ1n) is 14.8. The van der Waals surface area contributed by atoms with Crippen molar-refractivity contribution in [1.82, 2.24) is 30.3 Å². The van der Waals surface area contributed by atoms with Crippen LogP contribution in [0.4, 0.5) is 4.79 Å². The van der Waals surface area contributed by atoms with Gasteiger partial charge in [0.15, 0.2) is 5.75 Å². The average Bonchev–Trinajstić information content (AvgIpc) is 3.70. The van der Waals surface area contributed by atoms with Crippen molar-refractivity contribution in [3.05, 3.63) is 83.7 Å². The van der Waals surface area contributed by atoms with E-state index >= 15 is 0 Å². The zero-order chi connectivity index (χ0) is 33.5. The van der Waals surface area contributed by atoms with Crippen molar-refractivity contribution < 1.29 is 28.7 Å². The van der Waals surface area contributed by atoms with Crippen LogP contribution in [-0.2, 0) is 23.2 Å². The van der Waals surface area contributed by atoms with E-state index in [1.165, 1.54) is 12.0 Å². The van der Waals surface area contributed by atoms with Crippen LogP contribution < -0.4 is 20.1 Å². The number of rotatable bonds is 6. The Morgan fingerprint density at radius 2 is 1.81 bits per heavy atom. The van der Waals surface area contributed by atoms with E-state index in [1.54, 1.807) is 86.2 Å². The van der Waals surface area contributed by atoms with Crippen molar-refractivity contribution in [2.75, 3.05) is 13.7 Å². The summed E-state index contributed by atoms with van der Waals surface area (Å²) in [4.78, 5) is 57.6. The van der Waals surface area contributed by atoms with Crippen molar-refractivity contribution in [3.63, 3.8) is 0 Å². The minimum absolute atomic E-state index is 0.154. The number of nitrogens with one attached hydrogen (secondary N) is 2. The standard InChI is InChI=1S/C35H32N6O6/c1-34(2,3)32(44)47-28-13-12-27(24-17-36-40(4)18-24)37-29(28)22-8-6-21(7-9-22)14-15-35(31(43)38-33(45)39-35)20-41-19-23-10-11-25(46-5)16-26(23)30(41)42/h6-13,16-18H,19-20H2,1-5H3,(H2,38,39,43,45). The summed E-state index contributed by atoms with van der Waals surface area (Å²) in [6, 6.07) is 15.0. The molecule has 0 bridgehead atoms. The van der Waals surface area contributed by atoms with Crippen molar-refractivity contribution in [1.29, 1.82) is 0 Å². The van der Waals surface area contributed by atoms with E-state index < -0.39 is 28.9 Å². The number of aromatic nitrogens is 3. The minimum atomic E-state index is -1.66. The predicted octanol–water partition coefficient (Wildman–Crippen LogP) is 3.69. The number of pyridine rings is 1. The maximum atomic E-state index is 13.2. The van der Waals surface area contributed by atoms with Crippen LogP contribution in [0.2, 0.25) is 0 Å². The molecular formula is C35H32N6O6. The lowest BCUT2D eigenvalue weighted by molar-refractivity contribution is -0.143. The molecule has 2 N–H and O–H groups in total. The Labute approximate surface area is 271 Å². The average molecular weight is 633 g/mol. The van der Waals surface area contributed by atoms with E-state index in [1.807, 2.05) is 13.2 Å². The van der Waals surface area contributed by atoms with Gasteiger partial charge in [-0.05, 0) is 62.7 Å². The number of hydrogen-bond acceptors (Lipinski definition) is 8. The van der Waals surface area contributed by atoms with E-state index in [0.717, 1.165) is 11.1 Å². The Morgan fingerprint density at radius 3 is 2.45 bits per heavy atom. The molecule has 238 valence electrons. The number of carbonyl (C=O) groups excluding carboxylic acids is 4. The molecule has 1 unspecified atom stereocenters. The molecular weight excluding hydrogens is 600 g/mol. The fraction of sp³-hybridized carbons (Fsp3) is 0.257. The largest absolute Gasteiger partial charge is 0.497 e. The van der Waals surface area contributed by atoms with Crippen LogP contribution in [0, 0.1) is 17.3 Å². The number of fused-ring (bicyclic) bond motifs is 1. The highest BCUT2D eigenvalue weighted by atomic mass is 16.5. The molecule has 12 heteroatoms. The fourth-order valence-corrected chi connectivity index (χ4v) is 5.20. The Kier molecular flexibility index (Phi) is 7.77. The van der Waals surface area contributed by atoms with Gasteiger partial charge in [-0.1, -0.05) is 30.0 Å². The number of urea groups is 1. The molecule has 47 heavy (non-hydrogen) atoms. The number of amides is 4. The topological polar surface area (TPSA) is 145 Å². The zero-order valence-electron chi connectivity index (χ0n) is 26.5. The van der Waals surface area contributed by atoms with Gasteiger partial charge in [0, 0.05) is 42.0 Å². The SMILES string of the molecule is COc1ccc2c(c1)C(=O)N(CC1(C#Cc3ccc(-c4nc(-c5cnn(C)c5)ccc4OC(=O)C(C)(C)C)cc3)NC(=O)NC1=O)C2. The Balaban J connectivity index is 1.30. The van der Waals surface area contributed by atoms with Gasteiger partial charge in [0.25, 0.3) is 11.8 Å². The number of hydrogen-bond donors (Lipinski definition) is 2. The van der Waals surface area contributed by atoms with Gasteiger partial charge < -0.3 is 19.7 Å². The maximum absolute atomic E-state index is 13.2. The van der Waals surface area contributed by atoms with Crippen LogP contribution >= 0.6 is 0 Å². The highest BCUT2D eigenvalue weighted by Gasteiger charge is 2.48. The summed E-state index contributed by atoms with van der Waals surface area (Å²) >= 11 is 0.